The van der Waals surface area contributed by atoms with Crippen molar-refractivity contribution in [2.24, 2.45) is 5.84 Å². The van der Waals surface area contributed by atoms with E-state index in [1.165, 1.54) is 4.90 Å². The van der Waals surface area contributed by atoms with Crippen LogP contribution in [0.4, 0.5) is 0 Å². The lowest BCUT2D eigenvalue weighted by Gasteiger charge is -2.17. The molecule has 0 aromatic heterocycles. The first-order valence-electron chi connectivity index (χ1n) is 4.86. The average molecular weight is 221 g/mol. The van der Waals surface area contributed by atoms with Gasteiger partial charge in [0, 0.05) is 13.6 Å². The SMILES string of the molecule is Cc1ccccc1CN(C)C(=O)C(=O)NN. The van der Waals surface area contributed by atoms with Crippen LogP contribution in [0.3, 0.4) is 0 Å². The van der Waals surface area contributed by atoms with Gasteiger partial charge in [-0.25, -0.2) is 5.84 Å². The van der Waals surface area contributed by atoms with Crippen LogP contribution in [0, 0.1) is 6.92 Å². The van der Waals surface area contributed by atoms with Gasteiger partial charge in [0.15, 0.2) is 0 Å². The molecule has 5 nitrogen and oxygen atoms in total. The lowest BCUT2D eigenvalue weighted by atomic mass is 10.1. The summed E-state index contributed by atoms with van der Waals surface area (Å²) >= 11 is 0. The summed E-state index contributed by atoms with van der Waals surface area (Å²) in [7, 11) is 1.56. The van der Waals surface area contributed by atoms with Gasteiger partial charge in [-0.05, 0) is 18.1 Å². The number of hydrazine groups is 1. The maximum absolute atomic E-state index is 11.4. The number of rotatable bonds is 2. The van der Waals surface area contributed by atoms with Crippen LogP contribution in [0.25, 0.3) is 0 Å². The van der Waals surface area contributed by atoms with Crippen molar-refractivity contribution in [2.45, 2.75) is 13.5 Å². The second-order valence-corrected chi connectivity index (χ2v) is 3.56. The van der Waals surface area contributed by atoms with Crippen molar-refractivity contribution < 1.29 is 9.59 Å². The number of nitrogens with zero attached hydrogens (tertiary/aromatic N) is 1. The van der Waals surface area contributed by atoms with Crippen molar-refractivity contribution in [3.63, 3.8) is 0 Å². The molecular weight excluding hydrogens is 206 g/mol. The number of carbonyl (C=O) groups excluding carboxylic acids is 2. The molecule has 0 saturated carbocycles. The molecule has 0 aliphatic heterocycles. The van der Waals surface area contributed by atoms with E-state index in [-0.39, 0.29) is 0 Å². The van der Waals surface area contributed by atoms with Crippen LogP contribution in [0.1, 0.15) is 11.1 Å². The number of hydrogen-bond acceptors (Lipinski definition) is 3. The predicted molar refractivity (Wildman–Crippen MR) is 60.0 cm³/mol. The zero-order valence-corrected chi connectivity index (χ0v) is 9.36. The number of amides is 2. The summed E-state index contributed by atoms with van der Waals surface area (Å²) in [5.74, 6) is 3.43. The number of benzene rings is 1. The highest BCUT2D eigenvalue weighted by Crippen LogP contribution is 2.09. The fourth-order valence-electron chi connectivity index (χ4n) is 1.35. The fourth-order valence-corrected chi connectivity index (χ4v) is 1.35. The van der Waals surface area contributed by atoms with Gasteiger partial charge in [0.25, 0.3) is 0 Å². The minimum absolute atomic E-state index is 0.388. The summed E-state index contributed by atoms with van der Waals surface area (Å²) in [5, 5.41) is 0. The summed E-state index contributed by atoms with van der Waals surface area (Å²) < 4.78 is 0. The van der Waals surface area contributed by atoms with E-state index in [4.69, 9.17) is 5.84 Å². The second kappa shape index (κ2) is 5.27. The van der Waals surface area contributed by atoms with E-state index >= 15 is 0 Å². The third kappa shape index (κ3) is 2.80. The molecule has 0 aliphatic rings. The van der Waals surface area contributed by atoms with Gasteiger partial charge in [-0.1, -0.05) is 24.3 Å². The molecule has 0 heterocycles. The first-order chi connectivity index (χ1) is 7.56. The maximum atomic E-state index is 11.4. The smallest absolute Gasteiger partial charge is 0.323 e. The monoisotopic (exact) mass is 221 g/mol. The first-order valence-corrected chi connectivity index (χ1v) is 4.86. The van der Waals surface area contributed by atoms with E-state index in [1.807, 2.05) is 36.6 Å². The molecule has 16 heavy (non-hydrogen) atoms. The second-order valence-electron chi connectivity index (χ2n) is 3.56. The predicted octanol–water partition coefficient (Wildman–Crippen LogP) is -0.0567. The third-order valence-corrected chi connectivity index (χ3v) is 2.34. The molecule has 5 heteroatoms. The zero-order valence-electron chi connectivity index (χ0n) is 9.36. The lowest BCUT2D eigenvalue weighted by molar-refractivity contribution is -0.145. The molecule has 0 aliphatic carbocycles. The molecule has 0 saturated heterocycles. The van der Waals surface area contributed by atoms with Crippen molar-refractivity contribution >= 4 is 11.8 Å². The van der Waals surface area contributed by atoms with E-state index in [2.05, 4.69) is 0 Å². The van der Waals surface area contributed by atoms with Crippen LogP contribution >= 0.6 is 0 Å². The van der Waals surface area contributed by atoms with Crippen LogP contribution in [-0.2, 0) is 16.1 Å². The summed E-state index contributed by atoms with van der Waals surface area (Å²) in [6.45, 7) is 2.34. The van der Waals surface area contributed by atoms with Gasteiger partial charge in [-0.15, -0.1) is 0 Å². The largest absolute Gasteiger partial charge is 0.333 e. The summed E-state index contributed by atoms with van der Waals surface area (Å²) in [4.78, 5) is 23.7. The summed E-state index contributed by atoms with van der Waals surface area (Å²) in [6, 6.07) is 7.69. The van der Waals surface area contributed by atoms with Crippen LogP contribution in [-0.4, -0.2) is 23.8 Å². The normalized spacial score (nSPS) is 9.69. The molecule has 0 spiro atoms. The lowest BCUT2D eigenvalue weighted by Crippen LogP contribution is -2.43. The Labute approximate surface area is 94.2 Å². The molecule has 86 valence electrons. The number of aryl methyl sites for hydroxylation is 1. The Bertz CT molecular complexity index is 404. The number of nitrogens with two attached hydrogens (primary N) is 1. The van der Waals surface area contributed by atoms with Gasteiger partial charge in [-0.3, -0.25) is 15.0 Å². The van der Waals surface area contributed by atoms with E-state index in [0.717, 1.165) is 11.1 Å². The van der Waals surface area contributed by atoms with Gasteiger partial charge in [0.2, 0.25) is 0 Å². The molecule has 0 unspecified atom stereocenters. The van der Waals surface area contributed by atoms with Crippen LogP contribution in [0.2, 0.25) is 0 Å². The van der Waals surface area contributed by atoms with Crippen molar-refractivity contribution in [3.05, 3.63) is 35.4 Å². The Morgan fingerprint density at radius 3 is 2.56 bits per heavy atom. The number of likely N-dealkylation sites (N-methyl/N-ethyl adjacent to an activating group) is 1. The molecule has 3 N–H and O–H groups in total. The van der Waals surface area contributed by atoms with Gasteiger partial charge in [-0.2, -0.15) is 0 Å². The fraction of sp³-hybridized carbons (Fsp3) is 0.273. The van der Waals surface area contributed by atoms with Crippen molar-refractivity contribution in [2.75, 3.05) is 7.05 Å². The molecule has 2 amide bonds. The molecule has 1 aromatic carbocycles. The highest BCUT2D eigenvalue weighted by atomic mass is 16.2. The molecule has 0 radical (unpaired) electrons. The molecule has 0 fully saturated rings. The van der Waals surface area contributed by atoms with Gasteiger partial charge >= 0.3 is 11.8 Å². The third-order valence-electron chi connectivity index (χ3n) is 2.34. The van der Waals surface area contributed by atoms with E-state index in [0.29, 0.717) is 6.54 Å². The standard InChI is InChI=1S/C11H15N3O2/c1-8-5-3-4-6-9(8)7-14(2)11(16)10(15)13-12/h3-6H,7,12H2,1-2H3,(H,13,15). The minimum atomic E-state index is -0.809. The summed E-state index contributed by atoms with van der Waals surface area (Å²) in [6.07, 6.45) is 0. The Morgan fingerprint density at radius 1 is 1.38 bits per heavy atom. The highest BCUT2D eigenvalue weighted by molar-refractivity contribution is 6.34. The Hall–Kier alpha value is -1.88. The van der Waals surface area contributed by atoms with E-state index in [1.54, 1.807) is 7.05 Å². The Kier molecular flexibility index (Phi) is 4.02. The minimum Gasteiger partial charge on any atom is -0.333 e. The number of nitrogens with one attached hydrogen (secondary N) is 1. The van der Waals surface area contributed by atoms with Crippen molar-refractivity contribution in [1.82, 2.24) is 10.3 Å². The Balaban J connectivity index is 2.72. The van der Waals surface area contributed by atoms with Gasteiger partial charge < -0.3 is 4.90 Å². The molecule has 0 bridgehead atoms. The van der Waals surface area contributed by atoms with E-state index in [9.17, 15) is 9.59 Å². The van der Waals surface area contributed by atoms with Crippen molar-refractivity contribution in [1.29, 1.82) is 0 Å². The average Bonchev–Trinajstić information content (AvgIpc) is 2.30. The first kappa shape index (κ1) is 12.2. The molecule has 1 rings (SSSR count). The molecule has 1 aromatic rings. The molecule has 0 atom stereocenters. The van der Waals surface area contributed by atoms with Crippen LogP contribution < -0.4 is 11.3 Å². The topological polar surface area (TPSA) is 75.4 Å². The summed E-state index contributed by atoms with van der Waals surface area (Å²) in [5.41, 5.74) is 3.90. The van der Waals surface area contributed by atoms with Crippen LogP contribution in [0.15, 0.2) is 24.3 Å². The van der Waals surface area contributed by atoms with E-state index < -0.39 is 11.8 Å². The molecular formula is C11H15N3O2. The quantitative estimate of drug-likeness (QED) is 0.318. The van der Waals surface area contributed by atoms with Gasteiger partial charge in [0.1, 0.15) is 0 Å². The highest BCUT2D eigenvalue weighted by Gasteiger charge is 2.17. The Morgan fingerprint density at radius 2 is 2.00 bits per heavy atom. The number of carbonyl (C=O) groups is 2. The van der Waals surface area contributed by atoms with Gasteiger partial charge in [0.05, 0.1) is 0 Å². The number of hydrogen-bond donors (Lipinski definition) is 2. The zero-order chi connectivity index (χ0) is 12.1. The van der Waals surface area contributed by atoms with Crippen LogP contribution in [0.5, 0.6) is 0 Å². The van der Waals surface area contributed by atoms with Crippen molar-refractivity contribution in [3.8, 4) is 0 Å². The maximum Gasteiger partial charge on any atom is 0.323 e.